The Labute approximate surface area is 110 Å². The molecule has 0 aliphatic carbocycles. The number of methoxy groups -OCH3 is 1. The summed E-state index contributed by atoms with van der Waals surface area (Å²) in [6, 6.07) is 13.8. The first-order valence-electron chi connectivity index (χ1n) is 5.60. The van der Waals surface area contributed by atoms with Gasteiger partial charge in [0.05, 0.1) is 17.7 Å². The van der Waals surface area contributed by atoms with Gasteiger partial charge in [0.2, 0.25) is 0 Å². The van der Waals surface area contributed by atoms with E-state index in [-0.39, 0.29) is 5.69 Å². The Hall–Kier alpha value is -2.76. The van der Waals surface area contributed by atoms with Crippen molar-refractivity contribution in [3.8, 4) is 5.75 Å². The van der Waals surface area contributed by atoms with Crippen LogP contribution in [0.5, 0.6) is 5.75 Å². The van der Waals surface area contributed by atoms with E-state index in [1.165, 1.54) is 19.2 Å². The van der Waals surface area contributed by atoms with Gasteiger partial charge in [0.15, 0.2) is 0 Å². The Kier molecular flexibility index (Phi) is 3.82. The molecule has 0 fully saturated rings. The number of nitrogens with zero attached hydrogens (tertiary/aromatic N) is 1. The van der Waals surface area contributed by atoms with E-state index in [4.69, 9.17) is 4.74 Å². The van der Waals surface area contributed by atoms with Crippen molar-refractivity contribution in [1.82, 2.24) is 0 Å². The number of para-hydroxylation sites is 1. The average molecular weight is 259 g/mol. The Morgan fingerprint density at radius 2 is 1.84 bits per heavy atom. The fourth-order valence-corrected chi connectivity index (χ4v) is 1.57. The lowest BCUT2D eigenvalue weighted by Crippen LogP contribution is -2.09. The van der Waals surface area contributed by atoms with Crippen molar-refractivity contribution in [2.75, 3.05) is 18.0 Å². The summed E-state index contributed by atoms with van der Waals surface area (Å²) in [5.74, 6) is 0.522. The molecule has 0 aromatic heterocycles. The number of anilines is 2. The van der Waals surface area contributed by atoms with Gasteiger partial charge < -0.3 is 10.2 Å². The van der Waals surface area contributed by atoms with Gasteiger partial charge in [-0.3, -0.25) is 15.5 Å². The van der Waals surface area contributed by atoms with Crippen molar-refractivity contribution >= 4 is 17.1 Å². The Morgan fingerprint density at radius 3 is 2.47 bits per heavy atom. The van der Waals surface area contributed by atoms with Gasteiger partial charge in [-0.05, 0) is 18.2 Å². The largest absolute Gasteiger partial charge is 0.495 e. The van der Waals surface area contributed by atoms with Gasteiger partial charge in [-0.25, -0.2) is 0 Å². The highest BCUT2D eigenvalue weighted by Crippen LogP contribution is 2.28. The Balaban J connectivity index is 2.18. The number of hydrogen-bond donors (Lipinski definition) is 2. The SMILES string of the molecule is COc1ccc([N+](=O)[O-])cc1NNc1ccccc1. The molecule has 0 aliphatic heterocycles. The predicted octanol–water partition coefficient (Wildman–Crippen LogP) is 3.04. The predicted molar refractivity (Wildman–Crippen MR) is 73.3 cm³/mol. The number of ether oxygens (including phenoxy) is 1. The molecule has 2 aromatic carbocycles. The number of benzene rings is 2. The van der Waals surface area contributed by atoms with Gasteiger partial charge >= 0.3 is 0 Å². The van der Waals surface area contributed by atoms with Crippen LogP contribution in [-0.2, 0) is 0 Å². The van der Waals surface area contributed by atoms with Crippen LogP contribution < -0.4 is 15.6 Å². The van der Waals surface area contributed by atoms with Crippen LogP contribution >= 0.6 is 0 Å². The van der Waals surface area contributed by atoms with E-state index in [9.17, 15) is 10.1 Å². The summed E-state index contributed by atoms with van der Waals surface area (Å²) in [6.07, 6.45) is 0. The lowest BCUT2D eigenvalue weighted by molar-refractivity contribution is -0.384. The van der Waals surface area contributed by atoms with Crippen molar-refractivity contribution in [1.29, 1.82) is 0 Å². The zero-order valence-electron chi connectivity index (χ0n) is 10.3. The van der Waals surface area contributed by atoms with Crippen LogP contribution in [0, 0.1) is 10.1 Å². The highest BCUT2D eigenvalue weighted by atomic mass is 16.6. The van der Waals surface area contributed by atoms with E-state index >= 15 is 0 Å². The molecule has 2 aromatic rings. The van der Waals surface area contributed by atoms with E-state index in [0.717, 1.165) is 5.69 Å². The van der Waals surface area contributed by atoms with Gasteiger partial charge in [-0.1, -0.05) is 18.2 Å². The van der Waals surface area contributed by atoms with Gasteiger partial charge in [0, 0.05) is 12.1 Å². The summed E-state index contributed by atoms with van der Waals surface area (Å²) in [5, 5.41) is 10.7. The number of nitrogens with one attached hydrogen (secondary N) is 2. The monoisotopic (exact) mass is 259 g/mol. The second-order valence-electron chi connectivity index (χ2n) is 3.76. The van der Waals surface area contributed by atoms with E-state index in [1.54, 1.807) is 6.07 Å². The Bertz CT molecular complexity index is 573. The zero-order chi connectivity index (χ0) is 13.7. The van der Waals surface area contributed by atoms with Crippen molar-refractivity contribution in [3.05, 3.63) is 58.6 Å². The molecule has 0 unspecified atom stereocenters. The molecule has 6 heteroatoms. The molecule has 2 rings (SSSR count). The van der Waals surface area contributed by atoms with Gasteiger partial charge in [-0.2, -0.15) is 0 Å². The molecule has 0 aliphatic rings. The number of hydrazine groups is 1. The first-order chi connectivity index (χ1) is 9.20. The lowest BCUT2D eigenvalue weighted by atomic mass is 10.2. The smallest absolute Gasteiger partial charge is 0.271 e. The number of nitro groups is 1. The van der Waals surface area contributed by atoms with E-state index in [0.29, 0.717) is 11.4 Å². The topological polar surface area (TPSA) is 76.4 Å². The molecule has 19 heavy (non-hydrogen) atoms. The van der Waals surface area contributed by atoms with Gasteiger partial charge in [-0.15, -0.1) is 0 Å². The number of rotatable bonds is 5. The average Bonchev–Trinajstić information content (AvgIpc) is 2.45. The standard InChI is InChI=1S/C13H13N3O3/c1-19-13-8-7-11(16(17)18)9-12(13)15-14-10-5-3-2-4-6-10/h2-9,14-15H,1H3. The van der Waals surface area contributed by atoms with E-state index < -0.39 is 4.92 Å². The molecular weight excluding hydrogens is 246 g/mol. The number of nitro benzene ring substituents is 1. The maximum atomic E-state index is 10.7. The van der Waals surface area contributed by atoms with Crippen LogP contribution in [0.4, 0.5) is 17.1 Å². The summed E-state index contributed by atoms with van der Waals surface area (Å²) >= 11 is 0. The maximum absolute atomic E-state index is 10.7. The van der Waals surface area contributed by atoms with E-state index in [2.05, 4.69) is 10.9 Å². The second-order valence-corrected chi connectivity index (χ2v) is 3.76. The quantitative estimate of drug-likeness (QED) is 0.637. The molecule has 0 heterocycles. The van der Waals surface area contributed by atoms with Crippen LogP contribution in [-0.4, -0.2) is 12.0 Å². The normalized spacial score (nSPS) is 9.74. The molecule has 0 spiro atoms. The molecule has 0 radical (unpaired) electrons. The summed E-state index contributed by atoms with van der Waals surface area (Å²) in [4.78, 5) is 10.3. The molecule has 0 bridgehead atoms. The summed E-state index contributed by atoms with van der Waals surface area (Å²) in [7, 11) is 1.51. The van der Waals surface area contributed by atoms with Crippen LogP contribution in [0.15, 0.2) is 48.5 Å². The highest BCUT2D eigenvalue weighted by Gasteiger charge is 2.10. The maximum Gasteiger partial charge on any atom is 0.271 e. The minimum absolute atomic E-state index is 0.00170. The minimum atomic E-state index is -0.451. The number of hydrogen-bond acceptors (Lipinski definition) is 5. The second kappa shape index (κ2) is 5.72. The minimum Gasteiger partial charge on any atom is -0.495 e. The van der Waals surface area contributed by atoms with Crippen LogP contribution in [0.1, 0.15) is 0 Å². The van der Waals surface area contributed by atoms with Crippen LogP contribution in [0.25, 0.3) is 0 Å². The van der Waals surface area contributed by atoms with Crippen molar-refractivity contribution in [2.24, 2.45) is 0 Å². The van der Waals surface area contributed by atoms with Gasteiger partial charge in [0.25, 0.3) is 5.69 Å². The summed E-state index contributed by atoms with van der Waals surface area (Å²) in [6.45, 7) is 0. The third-order valence-corrected chi connectivity index (χ3v) is 2.51. The molecule has 2 N–H and O–H groups in total. The first-order valence-corrected chi connectivity index (χ1v) is 5.60. The van der Waals surface area contributed by atoms with E-state index in [1.807, 2.05) is 30.3 Å². The molecule has 0 atom stereocenters. The molecule has 0 saturated heterocycles. The molecule has 6 nitrogen and oxygen atoms in total. The van der Waals surface area contributed by atoms with Crippen molar-refractivity contribution < 1.29 is 9.66 Å². The molecule has 0 saturated carbocycles. The van der Waals surface area contributed by atoms with Gasteiger partial charge in [0.1, 0.15) is 11.4 Å². The highest BCUT2D eigenvalue weighted by molar-refractivity contribution is 5.64. The number of non-ortho nitro benzene ring substituents is 1. The first kappa shape index (κ1) is 12.7. The fourth-order valence-electron chi connectivity index (χ4n) is 1.57. The Morgan fingerprint density at radius 1 is 1.11 bits per heavy atom. The van der Waals surface area contributed by atoms with Crippen LogP contribution in [0.2, 0.25) is 0 Å². The van der Waals surface area contributed by atoms with Crippen LogP contribution in [0.3, 0.4) is 0 Å². The molecule has 0 amide bonds. The third-order valence-electron chi connectivity index (χ3n) is 2.51. The third kappa shape index (κ3) is 3.12. The zero-order valence-corrected chi connectivity index (χ0v) is 10.3. The lowest BCUT2D eigenvalue weighted by Gasteiger charge is -2.12. The fraction of sp³-hybridized carbons (Fsp3) is 0.0769. The van der Waals surface area contributed by atoms with Crippen molar-refractivity contribution in [3.63, 3.8) is 0 Å². The van der Waals surface area contributed by atoms with Crippen molar-refractivity contribution in [2.45, 2.75) is 0 Å². The summed E-state index contributed by atoms with van der Waals surface area (Å²) < 4.78 is 5.14. The molecule has 98 valence electrons. The summed E-state index contributed by atoms with van der Waals surface area (Å²) in [5.41, 5.74) is 7.19. The molecular formula is C13H13N3O3.